The number of rotatable bonds is 8. The lowest BCUT2D eigenvalue weighted by Gasteiger charge is -2.22. The summed E-state index contributed by atoms with van der Waals surface area (Å²) in [6, 6.07) is -2.04. The molecule has 3 atom stereocenters. The van der Waals surface area contributed by atoms with Crippen LogP contribution in [0.2, 0.25) is 0 Å². The highest BCUT2D eigenvalue weighted by Crippen LogP contribution is 2.08. The summed E-state index contributed by atoms with van der Waals surface area (Å²) in [5.41, 5.74) is 5.55. The molecule has 0 saturated heterocycles. The van der Waals surface area contributed by atoms with Gasteiger partial charge < -0.3 is 16.2 Å². The maximum atomic E-state index is 11.7. The van der Waals surface area contributed by atoms with Crippen LogP contribution in [-0.4, -0.2) is 49.5 Å². The van der Waals surface area contributed by atoms with Gasteiger partial charge in [-0.1, -0.05) is 20.3 Å². The third-order valence-corrected chi connectivity index (χ3v) is 3.89. The second-order valence-corrected chi connectivity index (χ2v) is 6.99. The fourth-order valence-corrected chi connectivity index (χ4v) is 2.10. The van der Waals surface area contributed by atoms with Crippen molar-refractivity contribution in [1.29, 1.82) is 0 Å². The standard InChI is InChI=1S/C11H22N2O5S/c1-4-7(2)9(11(15)16)13-10(14)8(12)5-6-19(3,17)18/h7-9H,4-6,12H2,1-3H3,(H,13,14)(H,15,16)/t7-,8?,9-/m0/s1. The summed E-state index contributed by atoms with van der Waals surface area (Å²) >= 11 is 0. The maximum Gasteiger partial charge on any atom is 0.326 e. The number of hydrogen-bond donors (Lipinski definition) is 3. The summed E-state index contributed by atoms with van der Waals surface area (Å²) in [7, 11) is -3.19. The highest BCUT2D eigenvalue weighted by atomic mass is 32.2. The Morgan fingerprint density at radius 2 is 1.89 bits per heavy atom. The fraction of sp³-hybridized carbons (Fsp3) is 0.818. The van der Waals surface area contributed by atoms with Gasteiger partial charge in [-0.15, -0.1) is 0 Å². The molecule has 0 aliphatic rings. The van der Waals surface area contributed by atoms with Crippen molar-refractivity contribution in [1.82, 2.24) is 5.32 Å². The summed E-state index contributed by atoms with van der Waals surface area (Å²) in [5.74, 6) is -2.21. The quantitative estimate of drug-likeness (QED) is 0.547. The van der Waals surface area contributed by atoms with E-state index < -0.39 is 33.8 Å². The number of carbonyl (C=O) groups is 2. The van der Waals surface area contributed by atoms with Crippen LogP contribution in [0.5, 0.6) is 0 Å². The molecule has 0 saturated carbocycles. The van der Waals surface area contributed by atoms with Gasteiger partial charge in [-0.3, -0.25) is 4.79 Å². The average molecular weight is 294 g/mol. The van der Waals surface area contributed by atoms with E-state index in [-0.39, 0.29) is 18.1 Å². The van der Waals surface area contributed by atoms with Gasteiger partial charge in [0.15, 0.2) is 0 Å². The molecule has 0 aliphatic heterocycles. The van der Waals surface area contributed by atoms with Crippen molar-refractivity contribution in [2.24, 2.45) is 11.7 Å². The topological polar surface area (TPSA) is 127 Å². The largest absolute Gasteiger partial charge is 0.480 e. The number of carboxylic acid groups (broad SMARTS) is 1. The zero-order valence-corrected chi connectivity index (χ0v) is 12.2. The monoisotopic (exact) mass is 294 g/mol. The van der Waals surface area contributed by atoms with Crippen LogP contribution in [-0.2, 0) is 19.4 Å². The van der Waals surface area contributed by atoms with Gasteiger partial charge in [0.05, 0.1) is 11.8 Å². The minimum Gasteiger partial charge on any atom is -0.480 e. The number of hydrogen-bond acceptors (Lipinski definition) is 5. The molecule has 0 radical (unpaired) electrons. The van der Waals surface area contributed by atoms with Crippen molar-refractivity contribution in [3.05, 3.63) is 0 Å². The molecule has 112 valence electrons. The van der Waals surface area contributed by atoms with Crippen molar-refractivity contribution < 1.29 is 23.1 Å². The Hall–Kier alpha value is -1.15. The van der Waals surface area contributed by atoms with E-state index in [1.807, 2.05) is 6.92 Å². The van der Waals surface area contributed by atoms with Crippen molar-refractivity contribution in [3.63, 3.8) is 0 Å². The molecule has 1 unspecified atom stereocenters. The molecule has 19 heavy (non-hydrogen) atoms. The molecule has 0 bridgehead atoms. The van der Waals surface area contributed by atoms with E-state index in [1.165, 1.54) is 0 Å². The number of sulfone groups is 1. The summed E-state index contributed by atoms with van der Waals surface area (Å²) in [4.78, 5) is 22.7. The number of carbonyl (C=O) groups excluding carboxylic acids is 1. The van der Waals surface area contributed by atoms with Crippen molar-refractivity contribution >= 4 is 21.7 Å². The number of amides is 1. The Morgan fingerprint density at radius 3 is 2.26 bits per heavy atom. The second-order valence-electron chi connectivity index (χ2n) is 4.74. The molecule has 0 aromatic carbocycles. The zero-order valence-electron chi connectivity index (χ0n) is 11.4. The van der Waals surface area contributed by atoms with Gasteiger partial charge in [-0.2, -0.15) is 0 Å². The molecule has 1 amide bonds. The van der Waals surface area contributed by atoms with E-state index in [2.05, 4.69) is 5.32 Å². The van der Waals surface area contributed by atoms with Crippen molar-refractivity contribution in [2.75, 3.05) is 12.0 Å². The number of aliphatic carboxylic acids is 1. The van der Waals surface area contributed by atoms with Gasteiger partial charge in [0.25, 0.3) is 0 Å². The third-order valence-electron chi connectivity index (χ3n) is 2.91. The van der Waals surface area contributed by atoms with Gasteiger partial charge in [0.1, 0.15) is 15.9 Å². The molecule has 0 spiro atoms. The number of nitrogens with one attached hydrogen (secondary N) is 1. The minimum atomic E-state index is -3.19. The average Bonchev–Trinajstić information content (AvgIpc) is 2.30. The normalized spacial score (nSPS) is 16.4. The van der Waals surface area contributed by atoms with Gasteiger partial charge in [0, 0.05) is 6.26 Å². The zero-order chi connectivity index (χ0) is 15.2. The second kappa shape index (κ2) is 7.44. The first-order chi connectivity index (χ1) is 8.58. The highest BCUT2D eigenvalue weighted by molar-refractivity contribution is 7.90. The molecule has 0 aromatic rings. The SMILES string of the molecule is CC[C@H](C)[C@H](NC(=O)C(N)CCS(C)(=O)=O)C(=O)O. The van der Waals surface area contributed by atoms with Gasteiger partial charge in [-0.05, 0) is 12.3 Å². The van der Waals surface area contributed by atoms with E-state index in [1.54, 1.807) is 6.92 Å². The third kappa shape index (κ3) is 7.12. The summed E-state index contributed by atoms with van der Waals surface area (Å²) in [6.07, 6.45) is 1.62. The Bertz CT molecular complexity index is 421. The minimum absolute atomic E-state index is 0.0302. The lowest BCUT2D eigenvalue weighted by Crippen LogP contribution is -2.51. The van der Waals surface area contributed by atoms with E-state index in [0.717, 1.165) is 6.26 Å². The highest BCUT2D eigenvalue weighted by Gasteiger charge is 2.27. The first-order valence-electron chi connectivity index (χ1n) is 6.05. The van der Waals surface area contributed by atoms with Gasteiger partial charge >= 0.3 is 5.97 Å². The number of nitrogens with two attached hydrogens (primary N) is 1. The lowest BCUT2D eigenvalue weighted by atomic mass is 9.99. The first kappa shape index (κ1) is 17.8. The Kier molecular flexibility index (Phi) is 6.99. The predicted molar refractivity (Wildman–Crippen MR) is 71.3 cm³/mol. The molecule has 7 nitrogen and oxygen atoms in total. The van der Waals surface area contributed by atoms with Crippen molar-refractivity contribution in [2.45, 2.75) is 38.8 Å². The molecular weight excluding hydrogens is 272 g/mol. The van der Waals surface area contributed by atoms with E-state index >= 15 is 0 Å². The first-order valence-corrected chi connectivity index (χ1v) is 8.11. The van der Waals surface area contributed by atoms with Crippen LogP contribution in [0.3, 0.4) is 0 Å². The van der Waals surface area contributed by atoms with Crippen LogP contribution in [0.4, 0.5) is 0 Å². The summed E-state index contributed by atoms with van der Waals surface area (Å²) < 4.78 is 21.9. The molecule has 4 N–H and O–H groups in total. The Morgan fingerprint density at radius 1 is 1.37 bits per heavy atom. The van der Waals surface area contributed by atoms with Crippen LogP contribution >= 0.6 is 0 Å². The molecule has 0 aromatic heterocycles. The molecule has 0 aliphatic carbocycles. The van der Waals surface area contributed by atoms with Gasteiger partial charge in [0.2, 0.25) is 5.91 Å². The van der Waals surface area contributed by atoms with Crippen LogP contribution in [0.25, 0.3) is 0 Å². The lowest BCUT2D eigenvalue weighted by molar-refractivity contribution is -0.143. The summed E-state index contributed by atoms with van der Waals surface area (Å²) in [6.45, 7) is 3.53. The van der Waals surface area contributed by atoms with Crippen LogP contribution in [0.15, 0.2) is 0 Å². The molecule has 0 heterocycles. The number of carboxylic acids is 1. The predicted octanol–water partition coefficient (Wildman–Crippen LogP) is -0.636. The van der Waals surface area contributed by atoms with E-state index in [0.29, 0.717) is 6.42 Å². The molecule has 0 rings (SSSR count). The van der Waals surface area contributed by atoms with Crippen LogP contribution in [0.1, 0.15) is 26.7 Å². The smallest absolute Gasteiger partial charge is 0.326 e. The van der Waals surface area contributed by atoms with E-state index in [9.17, 15) is 18.0 Å². The van der Waals surface area contributed by atoms with E-state index in [4.69, 9.17) is 10.8 Å². The molecular formula is C11H22N2O5S. The fourth-order valence-electron chi connectivity index (χ4n) is 1.42. The van der Waals surface area contributed by atoms with Crippen LogP contribution in [0, 0.1) is 5.92 Å². The Labute approximate surface area is 113 Å². The van der Waals surface area contributed by atoms with Gasteiger partial charge in [-0.25, -0.2) is 13.2 Å². The maximum absolute atomic E-state index is 11.7. The Balaban J connectivity index is 4.52. The summed E-state index contributed by atoms with van der Waals surface area (Å²) in [5, 5.41) is 11.4. The van der Waals surface area contributed by atoms with Crippen molar-refractivity contribution in [3.8, 4) is 0 Å². The molecule has 0 fully saturated rings. The van der Waals surface area contributed by atoms with Crippen LogP contribution < -0.4 is 11.1 Å². The molecule has 8 heteroatoms.